The molecule has 5 nitrogen and oxygen atoms in total. The molecule has 0 spiro atoms. The van der Waals surface area contributed by atoms with E-state index in [0.29, 0.717) is 17.3 Å². The SMILES string of the molecule is CNc1cncc(-c2cccc(OC)c2OC)n1. The molecule has 0 radical (unpaired) electrons. The van der Waals surface area contributed by atoms with Crippen molar-refractivity contribution in [2.75, 3.05) is 26.6 Å². The molecule has 0 fully saturated rings. The minimum absolute atomic E-state index is 0.655. The number of benzene rings is 1. The molecule has 94 valence electrons. The molecule has 5 heteroatoms. The number of para-hydroxylation sites is 1. The fourth-order valence-electron chi connectivity index (χ4n) is 1.71. The second-order valence-corrected chi connectivity index (χ2v) is 3.58. The van der Waals surface area contributed by atoms with Crippen molar-refractivity contribution < 1.29 is 9.47 Å². The average molecular weight is 245 g/mol. The summed E-state index contributed by atoms with van der Waals surface area (Å²) in [6.07, 6.45) is 3.36. The van der Waals surface area contributed by atoms with Gasteiger partial charge >= 0.3 is 0 Å². The van der Waals surface area contributed by atoms with Crippen LogP contribution >= 0.6 is 0 Å². The fraction of sp³-hybridized carbons (Fsp3) is 0.231. The molecule has 0 bridgehead atoms. The second kappa shape index (κ2) is 5.35. The molecular formula is C13H15N3O2. The molecule has 0 saturated heterocycles. The van der Waals surface area contributed by atoms with Crippen LogP contribution in [0.25, 0.3) is 11.3 Å². The van der Waals surface area contributed by atoms with Crippen molar-refractivity contribution in [3.63, 3.8) is 0 Å². The molecule has 0 unspecified atom stereocenters. The van der Waals surface area contributed by atoms with E-state index in [1.807, 2.05) is 18.2 Å². The zero-order chi connectivity index (χ0) is 13.0. The molecule has 0 atom stereocenters. The highest BCUT2D eigenvalue weighted by Gasteiger charge is 2.12. The van der Waals surface area contributed by atoms with Crippen LogP contribution in [0, 0.1) is 0 Å². The summed E-state index contributed by atoms with van der Waals surface area (Å²) in [5, 5.41) is 2.96. The number of hydrogen-bond donors (Lipinski definition) is 1. The predicted molar refractivity (Wildman–Crippen MR) is 70.1 cm³/mol. The second-order valence-electron chi connectivity index (χ2n) is 3.58. The van der Waals surface area contributed by atoms with Gasteiger partial charge in [-0.25, -0.2) is 4.98 Å². The van der Waals surface area contributed by atoms with E-state index in [0.717, 1.165) is 11.3 Å². The number of aromatic nitrogens is 2. The minimum Gasteiger partial charge on any atom is -0.493 e. The maximum atomic E-state index is 5.38. The van der Waals surface area contributed by atoms with Crippen LogP contribution in [-0.4, -0.2) is 31.2 Å². The molecule has 2 aromatic rings. The van der Waals surface area contributed by atoms with E-state index in [1.54, 1.807) is 33.7 Å². The van der Waals surface area contributed by atoms with Gasteiger partial charge in [0.25, 0.3) is 0 Å². The van der Waals surface area contributed by atoms with Gasteiger partial charge < -0.3 is 14.8 Å². The Morgan fingerprint density at radius 1 is 1.11 bits per heavy atom. The van der Waals surface area contributed by atoms with Crippen molar-refractivity contribution in [2.45, 2.75) is 0 Å². The Labute approximate surface area is 106 Å². The third-order valence-corrected chi connectivity index (χ3v) is 2.57. The topological polar surface area (TPSA) is 56.3 Å². The number of nitrogens with zero attached hydrogens (tertiary/aromatic N) is 2. The highest BCUT2D eigenvalue weighted by atomic mass is 16.5. The number of hydrogen-bond acceptors (Lipinski definition) is 5. The first-order valence-electron chi connectivity index (χ1n) is 5.51. The van der Waals surface area contributed by atoms with Crippen molar-refractivity contribution in [1.29, 1.82) is 0 Å². The van der Waals surface area contributed by atoms with Crippen LogP contribution < -0.4 is 14.8 Å². The van der Waals surface area contributed by atoms with Gasteiger partial charge in [-0.05, 0) is 12.1 Å². The summed E-state index contributed by atoms with van der Waals surface area (Å²) in [6, 6.07) is 5.66. The van der Waals surface area contributed by atoms with Gasteiger partial charge in [-0.3, -0.25) is 4.98 Å². The maximum Gasteiger partial charge on any atom is 0.170 e. The van der Waals surface area contributed by atoms with Crippen LogP contribution in [-0.2, 0) is 0 Å². The first-order chi connectivity index (χ1) is 8.80. The van der Waals surface area contributed by atoms with Gasteiger partial charge in [-0.2, -0.15) is 0 Å². The van der Waals surface area contributed by atoms with Gasteiger partial charge in [0, 0.05) is 12.6 Å². The van der Waals surface area contributed by atoms with Gasteiger partial charge in [0.15, 0.2) is 11.5 Å². The Morgan fingerprint density at radius 3 is 2.61 bits per heavy atom. The Balaban J connectivity index is 2.55. The van der Waals surface area contributed by atoms with Crippen LogP contribution in [0.2, 0.25) is 0 Å². The number of anilines is 1. The van der Waals surface area contributed by atoms with E-state index in [1.165, 1.54) is 0 Å². The van der Waals surface area contributed by atoms with Gasteiger partial charge in [-0.1, -0.05) is 6.07 Å². The summed E-state index contributed by atoms with van der Waals surface area (Å²) in [5.41, 5.74) is 1.58. The van der Waals surface area contributed by atoms with Crippen LogP contribution in [0.1, 0.15) is 0 Å². The average Bonchev–Trinajstić information content (AvgIpc) is 2.46. The third-order valence-electron chi connectivity index (χ3n) is 2.57. The predicted octanol–water partition coefficient (Wildman–Crippen LogP) is 2.20. The summed E-state index contributed by atoms with van der Waals surface area (Å²) in [6.45, 7) is 0. The molecular weight excluding hydrogens is 230 g/mol. The molecule has 1 aromatic carbocycles. The van der Waals surface area contributed by atoms with Gasteiger partial charge in [0.1, 0.15) is 5.82 Å². The van der Waals surface area contributed by atoms with E-state index >= 15 is 0 Å². The van der Waals surface area contributed by atoms with Gasteiger partial charge in [0.2, 0.25) is 0 Å². The van der Waals surface area contributed by atoms with E-state index in [4.69, 9.17) is 9.47 Å². The third kappa shape index (κ3) is 2.20. The highest BCUT2D eigenvalue weighted by molar-refractivity contribution is 5.71. The largest absolute Gasteiger partial charge is 0.493 e. The van der Waals surface area contributed by atoms with Gasteiger partial charge in [0.05, 0.1) is 32.3 Å². The zero-order valence-electron chi connectivity index (χ0n) is 10.6. The maximum absolute atomic E-state index is 5.38. The van der Waals surface area contributed by atoms with Crippen LogP contribution in [0.5, 0.6) is 11.5 Å². The summed E-state index contributed by atoms with van der Waals surface area (Å²) >= 11 is 0. The molecule has 1 aromatic heterocycles. The first kappa shape index (κ1) is 12.2. The van der Waals surface area contributed by atoms with Crippen molar-refractivity contribution in [3.05, 3.63) is 30.6 Å². The van der Waals surface area contributed by atoms with Crippen molar-refractivity contribution in [2.24, 2.45) is 0 Å². The van der Waals surface area contributed by atoms with Crippen molar-refractivity contribution in [3.8, 4) is 22.8 Å². The molecule has 1 N–H and O–H groups in total. The summed E-state index contributed by atoms with van der Waals surface area (Å²) in [7, 11) is 5.02. The molecule has 2 rings (SSSR count). The molecule has 0 aliphatic heterocycles. The molecule has 0 aliphatic carbocycles. The standard InChI is InChI=1S/C13H15N3O2/c1-14-12-8-15-7-10(16-12)9-5-4-6-11(17-2)13(9)18-3/h4-8H,1-3H3,(H,14,16). The first-order valence-corrected chi connectivity index (χ1v) is 5.51. The van der Waals surface area contributed by atoms with E-state index < -0.39 is 0 Å². The monoisotopic (exact) mass is 245 g/mol. The molecule has 0 saturated carbocycles. The molecule has 0 amide bonds. The lowest BCUT2D eigenvalue weighted by Crippen LogP contribution is -1.97. The Bertz CT molecular complexity index is 544. The highest BCUT2D eigenvalue weighted by Crippen LogP contribution is 2.36. The molecule has 0 aliphatic rings. The fourth-order valence-corrected chi connectivity index (χ4v) is 1.71. The Morgan fingerprint density at radius 2 is 1.94 bits per heavy atom. The van der Waals surface area contributed by atoms with E-state index in [-0.39, 0.29) is 0 Å². The number of methoxy groups -OCH3 is 2. The van der Waals surface area contributed by atoms with Crippen LogP contribution in [0.4, 0.5) is 5.82 Å². The lowest BCUT2D eigenvalue weighted by atomic mass is 10.1. The molecule has 1 heterocycles. The van der Waals surface area contributed by atoms with Crippen molar-refractivity contribution >= 4 is 5.82 Å². The van der Waals surface area contributed by atoms with E-state index in [2.05, 4.69) is 15.3 Å². The Hall–Kier alpha value is -2.30. The summed E-state index contributed by atoms with van der Waals surface area (Å²) in [5.74, 6) is 2.03. The number of ether oxygens (including phenoxy) is 2. The Kier molecular flexibility index (Phi) is 3.62. The summed E-state index contributed by atoms with van der Waals surface area (Å²) < 4.78 is 10.6. The van der Waals surface area contributed by atoms with E-state index in [9.17, 15) is 0 Å². The molecule has 18 heavy (non-hydrogen) atoms. The number of nitrogens with one attached hydrogen (secondary N) is 1. The lowest BCUT2D eigenvalue weighted by molar-refractivity contribution is 0.356. The normalized spacial score (nSPS) is 9.94. The summed E-state index contributed by atoms with van der Waals surface area (Å²) in [4.78, 5) is 8.58. The van der Waals surface area contributed by atoms with Crippen LogP contribution in [0.3, 0.4) is 0 Å². The van der Waals surface area contributed by atoms with Gasteiger partial charge in [-0.15, -0.1) is 0 Å². The van der Waals surface area contributed by atoms with Crippen molar-refractivity contribution in [1.82, 2.24) is 9.97 Å². The minimum atomic E-state index is 0.655. The smallest absolute Gasteiger partial charge is 0.170 e. The van der Waals surface area contributed by atoms with Crippen LogP contribution in [0.15, 0.2) is 30.6 Å². The number of rotatable bonds is 4. The zero-order valence-corrected chi connectivity index (χ0v) is 10.6. The quantitative estimate of drug-likeness (QED) is 0.895. The lowest BCUT2D eigenvalue weighted by Gasteiger charge is -2.12.